The first-order valence-corrected chi connectivity index (χ1v) is 8.10. The van der Waals surface area contributed by atoms with Crippen LogP contribution in [0, 0.1) is 12.8 Å². The van der Waals surface area contributed by atoms with Crippen LogP contribution in [0.25, 0.3) is 5.78 Å². The molecule has 2 heterocycles. The third-order valence-electron chi connectivity index (χ3n) is 4.09. The van der Waals surface area contributed by atoms with Crippen molar-refractivity contribution in [3.8, 4) is 0 Å². The fraction of sp³-hybridized carbons (Fsp3) is 0.389. The van der Waals surface area contributed by atoms with Gasteiger partial charge in [0.1, 0.15) is 12.1 Å². The van der Waals surface area contributed by atoms with Gasteiger partial charge in [-0.05, 0) is 24.0 Å². The second-order valence-electron chi connectivity index (χ2n) is 6.26. The molecule has 1 aromatic carbocycles. The van der Waals surface area contributed by atoms with E-state index in [0.717, 1.165) is 11.5 Å². The molecule has 6 heteroatoms. The standard InChI is InChI=1S/C18H23N5O/c1-12(2)17(15-8-6-5-7-13(15)3)22-16-9-14(10-24-4)21-18-19-11-20-23(16)18/h5-9,11-12,17,22H,10H2,1-4H3. The molecule has 1 unspecified atom stereocenters. The fourth-order valence-electron chi connectivity index (χ4n) is 2.88. The Kier molecular flexibility index (Phi) is 4.76. The number of aromatic nitrogens is 4. The van der Waals surface area contributed by atoms with E-state index < -0.39 is 0 Å². The molecule has 0 amide bonds. The third-order valence-corrected chi connectivity index (χ3v) is 4.09. The van der Waals surface area contributed by atoms with Crippen LogP contribution in [-0.4, -0.2) is 26.7 Å². The molecular formula is C18H23N5O. The Morgan fingerprint density at radius 3 is 2.75 bits per heavy atom. The molecular weight excluding hydrogens is 302 g/mol. The van der Waals surface area contributed by atoms with Gasteiger partial charge in [0.05, 0.1) is 18.3 Å². The Bertz CT molecular complexity index is 827. The number of rotatable bonds is 6. The molecule has 3 aromatic rings. The molecule has 24 heavy (non-hydrogen) atoms. The zero-order valence-corrected chi connectivity index (χ0v) is 14.5. The Labute approximate surface area is 141 Å². The van der Waals surface area contributed by atoms with Gasteiger partial charge in [0.25, 0.3) is 5.78 Å². The van der Waals surface area contributed by atoms with E-state index in [-0.39, 0.29) is 6.04 Å². The first kappa shape index (κ1) is 16.4. The lowest BCUT2D eigenvalue weighted by Crippen LogP contribution is -2.20. The largest absolute Gasteiger partial charge is 0.378 e. The Morgan fingerprint density at radius 1 is 1.25 bits per heavy atom. The van der Waals surface area contributed by atoms with Gasteiger partial charge in [-0.1, -0.05) is 38.1 Å². The van der Waals surface area contributed by atoms with Crippen LogP contribution >= 0.6 is 0 Å². The van der Waals surface area contributed by atoms with E-state index in [0.29, 0.717) is 18.3 Å². The van der Waals surface area contributed by atoms with Gasteiger partial charge in [0.15, 0.2) is 0 Å². The lowest BCUT2D eigenvalue weighted by molar-refractivity contribution is 0.181. The van der Waals surface area contributed by atoms with E-state index in [1.807, 2.05) is 6.07 Å². The van der Waals surface area contributed by atoms with Crippen molar-refractivity contribution in [2.24, 2.45) is 5.92 Å². The maximum atomic E-state index is 5.22. The van der Waals surface area contributed by atoms with Gasteiger partial charge in [-0.25, -0.2) is 4.98 Å². The number of anilines is 1. The highest BCUT2D eigenvalue weighted by molar-refractivity contribution is 5.47. The van der Waals surface area contributed by atoms with Gasteiger partial charge in [0.2, 0.25) is 0 Å². The summed E-state index contributed by atoms with van der Waals surface area (Å²) in [5.41, 5.74) is 3.38. The van der Waals surface area contributed by atoms with E-state index in [1.165, 1.54) is 17.5 Å². The third kappa shape index (κ3) is 3.23. The second-order valence-corrected chi connectivity index (χ2v) is 6.26. The van der Waals surface area contributed by atoms with Crippen LogP contribution in [0.15, 0.2) is 36.7 Å². The van der Waals surface area contributed by atoms with E-state index >= 15 is 0 Å². The number of benzene rings is 1. The highest BCUT2D eigenvalue weighted by atomic mass is 16.5. The van der Waals surface area contributed by atoms with E-state index in [4.69, 9.17) is 4.74 Å². The molecule has 126 valence electrons. The highest BCUT2D eigenvalue weighted by Crippen LogP contribution is 2.29. The summed E-state index contributed by atoms with van der Waals surface area (Å²) in [4.78, 5) is 8.66. The van der Waals surface area contributed by atoms with Crippen molar-refractivity contribution in [2.45, 2.75) is 33.4 Å². The van der Waals surface area contributed by atoms with Gasteiger partial charge in [-0.3, -0.25) is 0 Å². The van der Waals surface area contributed by atoms with E-state index in [9.17, 15) is 0 Å². The average molecular weight is 325 g/mol. The summed E-state index contributed by atoms with van der Waals surface area (Å²) in [6.07, 6.45) is 1.52. The normalized spacial score (nSPS) is 12.7. The summed E-state index contributed by atoms with van der Waals surface area (Å²) < 4.78 is 6.95. The van der Waals surface area contributed by atoms with Crippen molar-refractivity contribution in [1.29, 1.82) is 0 Å². The number of hydrogen-bond donors (Lipinski definition) is 1. The number of aryl methyl sites for hydroxylation is 1. The van der Waals surface area contributed by atoms with Crippen molar-refractivity contribution < 1.29 is 4.74 Å². The maximum Gasteiger partial charge on any atom is 0.254 e. The van der Waals surface area contributed by atoms with Gasteiger partial charge in [0, 0.05) is 13.2 Å². The highest BCUT2D eigenvalue weighted by Gasteiger charge is 2.19. The van der Waals surface area contributed by atoms with Crippen molar-refractivity contribution in [1.82, 2.24) is 19.6 Å². The Hall–Kier alpha value is -2.47. The van der Waals surface area contributed by atoms with Gasteiger partial charge in [-0.15, -0.1) is 0 Å². The average Bonchev–Trinajstić information content (AvgIpc) is 3.02. The topological polar surface area (TPSA) is 64.3 Å². The minimum absolute atomic E-state index is 0.163. The summed E-state index contributed by atoms with van der Waals surface area (Å²) in [6, 6.07) is 10.6. The minimum atomic E-state index is 0.163. The summed E-state index contributed by atoms with van der Waals surface area (Å²) in [5, 5.41) is 7.92. The van der Waals surface area contributed by atoms with Gasteiger partial charge in [-0.2, -0.15) is 14.6 Å². The maximum absolute atomic E-state index is 5.22. The molecule has 0 spiro atoms. The minimum Gasteiger partial charge on any atom is -0.378 e. The molecule has 1 atom stereocenters. The van der Waals surface area contributed by atoms with Crippen molar-refractivity contribution in [3.63, 3.8) is 0 Å². The van der Waals surface area contributed by atoms with Crippen LogP contribution in [0.2, 0.25) is 0 Å². The number of methoxy groups -OCH3 is 1. The second kappa shape index (κ2) is 6.97. The Balaban J connectivity index is 2.02. The number of hydrogen-bond acceptors (Lipinski definition) is 5. The molecule has 6 nitrogen and oxygen atoms in total. The molecule has 0 radical (unpaired) electrons. The molecule has 1 N–H and O–H groups in total. The summed E-state index contributed by atoms with van der Waals surface area (Å²) in [7, 11) is 1.66. The molecule has 0 fully saturated rings. The van der Waals surface area contributed by atoms with Crippen molar-refractivity contribution >= 4 is 11.6 Å². The van der Waals surface area contributed by atoms with Crippen LogP contribution in [-0.2, 0) is 11.3 Å². The van der Waals surface area contributed by atoms with Crippen LogP contribution in [0.5, 0.6) is 0 Å². The first-order valence-electron chi connectivity index (χ1n) is 8.10. The lowest BCUT2D eigenvalue weighted by Gasteiger charge is -2.26. The van der Waals surface area contributed by atoms with Crippen molar-refractivity contribution in [2.75, 3.05) is 12.4 Å². The van der Waals surface area contributed by atoms with Crippen LogP contribution in [0.3, 0.4) is 0 Å². The van der Waals surface area contributed by atoms with E-state index in [2.05, 4.69) is 65.4 Å². The number of nitrogens with one attached hydrogen (secondary N) is 1. The number of nitrogens with zero attached hydrogens (tertiary/aromatic N) is 4. The van der Waals surface area contributed by atoms with Gasteiger partial charge >= 0.3 is 0 Å². The summed E-state index contributed by atoms with van der Waals surface area (Å²) in [5.74, 6) is 1.84. The smallest absolute Gasteiger partial charge is 0.254 e. The first-order chi connectivity index (χ1) is 11.6. The number of ether oxygens (including phenoxy) is 1. The van der Waals surface area contributed by atoms with E-state index in [1.54, 1.807) is 11.6 Å². The van der Waals surface area contributed by atoms with Crippen LogP contribution in [0.1, 0.15) is 36.7 Å². The quantitative estimate of drug-likeness (QED) is 0.752. The molecule has 0 aliphatic heterocycles. The zero-order chi connectivity index (χ0) is 17.1. The molecule has 3 rings (SSSR count). The van der Waals surface area contributed by atoms with Gasteiger partial charge < -0.3 is 10.1 Å². The zero-order valence-electron chi connectivity index (χ0n) is 14.5. The van der Waals surface area contributed by atoms with Crippen LogP contribution in [0.4, 0.5) is 5.82 Å². The molecule has 0 saturated heterocycles. The predicted molar refractivity (Wildman–Crippen MR) is 93.9 cm³/mol. The Morgan fingerprint density at radius 2 is 2.04 bits per heavy atom. The molecule has 0 saturated carbocycles. The molecule has 0 aliphatic rings. The summed E-state index contributed by atoms with van der Waals surface area (Å²) >= 11 is 0. The SMILES string of the molecule is COCc1cc(NC(c2ccccc2C)C(C)C)n2ncnc2n1. The van der Waals surface area contributed by atoms with Crippen molar-refractivity contribution in [3.05, 3.63) is 53.5 Å². The predicted octanol–water partition coefficient (Wildman–Crippen LogP) is 3.39. The fourth-order valence-corrected chi connectivity index (χ4v) is 2.88. The lowest BCUT2D eigenvalue weighted by atomic mass is 9.92. The molecule has 2 aromatic heterocycles. The molecule has 0 bridgehead atoms. The number of fused-ring (bicyclic) bond motifs is 1. The monoisotopic (exact) mass is 325 g/mol. The molecule has 0 aliphatic carbocycles. The summed E-state index contributed by atoms with van der Waals surface area (Å²) in [6.45, 7) is 6.99. The van der Waals surface area contributed by atoms with Crippen LogP contribution < -0.4 is 5.32 Å².